The summed E-state index contributed by atoms with van der Waals surface area (Å²) in [5.41, 5.74) is 2.60. The molecule has 1 fully saturated rings. The number of para-hydroxylation sites is 1. The van der Waals surface area contributed by atoms with E-state index in [0.717, 1.165) is 32.4 Å². The number of likely N-dealkylation sites (tertiary alicyclic amines) is 1. The molecule has 0 saturated carbocycles. The van der Waals surface area contributed by atoms with Gasteiger partial charge in [-0.05, 0) is 55.0 Å². The number of pyridine rings is 1. The van der Waals surface area contributed by atoms with Crippen LogP contribution in [0.15, 0.2) is 78.9 Å². The Morgan fingerprint density at radius 2 is 1.47 bits per heavy atom. The molecule has 1 aromatic heterocycles. The van der Waals surface area contributed by atoms with Gasteiger partial charge in [0.1, 0.15) is 11.4 Å². The lowest BCUT2D eigenvalue weighted by Gasteiger charge is -2.32. The zero-order valence-electron chi connectivity index (χ0n) is 16.8. The number of hydrogen-bond donors (Lipinski definition) is 1. The molecule has 30 heavy (non-hydrogen) atoms. The van der Waals surface area contributed by atoms with Crippen LogP contribution in [0.5, 0.6) is 0 Å². The third-order valence-electron chi connectivity index (χ3n) is 5.50. The number of aromatic nitrogens is 1. The number of amides is 2. The molecule has 0 aliphatic carbocycles. The lowest BCUT2D eigenvalue weighted by molar-refractivity contribution is 0.0684. The van der Waals surface area contributed by atoms with Crippen LogP contribution in [0, 0.1) is 5.92 Å². The fourth-order valence-electron chi connectivity index (χ4n) is 3.85. The highest BCUT2D eigenvalue weighted by Gasteiger charge is 2.25. The van der Waals surface area contributed by atoms with E-state index in [9.17, 15) is 9.59 Å². The van der Waals surface area contributed by atoms with Gasteiger partial charge < -0.3 is 10.2 Å². The maximum absolute atomic E-state index is 12.9. The molecule has 0 spiro atoms. The monoisotopic (exact) mass is 399 g/mol. The number of carbonyl (C=O) groups is 2. The average Bonchev–Trinajstić information content (AvgIpc) is 2.80. The molecular formula is C25H25N3O2. The number of nitrogens with one attached hydrogen (secondary N) is 1. The van der Waals surface area contributed by atoms with Crippen molar-refractivity contribution in [1.82, 2.24) is 9.88 Å². The first kappa shape index (κ1) is 19.8. The summed E-state index contributed by atoms with van der Waals surface area (Å²) in [6, 6.07) is 24.7. The first-order valence-electron chi connectivity index (χ1n) is 10.4. The summed E-state index contributed by atoms with van der Waals surface area (Å²) < 4.78 is 0. The second-order valence-corrected chi connectivity index (χ2v) is 7.65. The first-order valence-corrected chi connectivity index (χ1v) is 10.4. The molecule has 2 amide bonds. The van der Waals surface area contributed by atoms with E-state index in [2.05, 4.69) is 34.6 Å². The van der Waals surface area contributed by atoms with Crippen LogP contribution in [0.4, 0.5) is 5.69 Å². The molecule has 1 aliphatic rings. The van der Waals surface area contributed by atoms with Gasteiger partial charge >= 0.3 is 0 Å². The predicted molar refractivity (Wildman–Crippen MR) is 117 cm³/mol. The first-order chi connectivity index (χ1) is 14.7. The lowest BCUT2D eigenvalue weighted by Crippen LogP contribution is -2.39. The van der Waals surface area contributed by atoms with Gasteiger partial charge in [-0.2, -0.15) is 0 Å². The van der Waals surface area contributed by atoms with E-state index in [0.29, 0.717) is 17.3 Å². The molecule has 3 aromatic rings. The number of benzene rings is 2. The summed E-state index contributed by atoms with van der Waals surface area (Å²) in [6.07, 6.45) is 3.01. The van der Waals surface area contributed by atoms with Crippen molar-refractivity contribution in [3.63, 3.8) is 0 Å². The second kappa shape index (κ2) is 9.35. The quantitative estimate of drug-likeness (QED) is 0.690. The van der Waals surface area contributed by atoms with Crippen LogP contribution in [0.25, 0.3) is 0 Å². The molecule has 152 valence electrons. The zero-order chi connectivity index (χ0) is 20.8. The van der Waals surface area contributed by atoms with Gasteiger partial charge in [-0.3, -0.25) is 9.59 Å². The standard InChI is InChI=1S/C25H25N3O2/c29-24(26-21-10-5-2-6-11-21)22-12-7-13-23(27-22)25(30)28-16-14-20(15-17-28)18-19-8-3-1-4-9-19/h1-13,20H,14-18H2,(H,26,29). The van der Waals surface area contributed by atoms with Crippen LogP contribution >= 0.6 is 0 Å². The van der Waals surface area contributed by atoms with E-state index < -0.39 is 0 Å². The van der Waals surface area contributed by atoms with Crippen LogP contribution in [0.1, 0.15) is 39.4 Å². The predicted octanol–water partition coefficient (Wildman–Crippen LogP) is 4.43. The topological polar surface area (TPSA) is 62.3 Å². The molecule has 1 aliphatic heterocycles. The van der Waals surface area contributed by atoms with Gasteiger partial charge in [0.2, 0.25) is 0 Å². The van der Waals surface area contributed by atoms with Crippen molar-refractivity contribution in [2.75, 3.05) is 18.4 Å². The molecule has 2 heterocycles. The van der Waals surface area contributed by atoms with E-state index in [1.54, 1.807) is 18.2 Å². The third kappa shape index (κ3) is 4.92. The SMILES string of the molecule is O=C(Nc1ccccc1)c1cccc(C(=O)N2CCC(Cc3ccccc3)CC2)n1. The van der Waals surface area contributed by atoms with Gasteiger partial charge in [-0.25, -0.2) is 4.98 Å². The van der Waals surface area contributed by atoms with Crippen molar-refractivity contribution < 1.29 is 9.59 Å². The average molecular weight is 399 g/mol. The maximum Gasteiger partial charge on any atom is 0.274 e. The molecule has 5 heteroatoms. The number of nitrogens with zero attached hydrogens (tertiary/aromatic N) is 2. The fraction of sp³-hybridized carbons (Fsp3) is 0.240. The summed E-state index contributed by atoms with van der Waals surface area (Å²) in [5, 5.41) is 2.81. The van der Waals surface area contributed by atoms with Crippen molar-refractivity contribution in [2.24, 2.45) is 5.92 Å². The van der Waals surface area contributed by atoms with Gasteiger partial charge in [-0.15, -0.1) is 0 Å². The minimum absolute atomic E-state index is 0.109. The normalized spacial score (nSPS) is 14.3. The molecule has 5 nitrogen and oxygen atoms in total. The molecular weight excluding hydrogens is 374 g/mol. The summed E-state index contributed by atoms with van der Waals surface area (Å²) >= 11 is 0. The number of hydrogen-bond acceptors (Lipinski definition) is 3. The van der Waals surface area contributed by atoms with Crippen molar-refractivity contribution in [3.8, 4) is 0 Å². The molecule has 2 aromatic carbocycles. The Morgan fingerprint density at radius 1 is 0.833 bits per heavy atom. The molecule has 0 unspecified atom stereocenters. The largest absolute Gasteiger partial charge is 0.337 e. The molecule has 1 N–H and O–H groups in total. The van der Waals surface area contributed by atoms with E-state index in [1.165, 1.54) is 5.56 Å². The van der Waals surface area contributed by atoms with Gasteiger partial charge in [0, 0.05) is 18.8 Å². The Hall–Kier alpha value is -3.47. The number of rotatable bonds is 5. The molecule has 1 saturated heterocycles. The van der Waals surface area contributed by atoms with Crippen molar-refractivity contribution in [1.29, 1.82) is 0 Å². The lowest BCUT2D eigenvalue weighted by atomic mass is 9.90. The molecule has 0 radical (unpaired) electrons. The minimum Gasteiger partial charge on any atom is -0.337 e. The Bertz CT molecular complexity index is 997. The smallest absolute Gasteiger partial charge is 0.274 e. The highest BCUT2D eigenvalue weighted by molar-refractivity contribution is 6.03. The Morgan fingerprint density at radius 3 is 2.17 bits per heavy atom. The second-order valence-electron chi connectivity index (χ2n) is 7.65. The van der Waals surface area contributed by atoms with Gasteiger partial charge in [0.05, 0.1) is 0 Å². The molecule has 0 atom stereocenters. The van der Waals surface area contributed by atoms with Crippen LogP contribution in [0.3, 0.4) is 0 Å². The van der Waals surface area contributed by atoms with E-state index in [-0.39, 0.29) is 17.5 Å². The summed E-state index contributed by atoms with van der Waals surface area (Å²) in [6.45, 7) is 1.44. The van der Waals surface area contributed by atoms with Crippen LogP contribution in [-0.4, -0.2) is 34.8 Å². The van der Waals surface area contributed by atoms with Gasteiger partial charge in [0.15, 0.2) is 0 Å². The Kier molecular flexibility index (Phi) is 6.18. The van der Waals surface area contributed by atoms with Crippen molar-refractivity contribution >= 4 is 17.5 Å². The molecule has 4 rings (SSSR count). The summed E-state index contributed by atoms with van der Waals surface area (Å²) in [7, 11) is 0. The van der Waals surface area contributed by atoms with Crippen LogP contribution < -0.4 is 5.32 Å². The fourth-order valence-corrected chi connectivity index (χ4v) is 3.85. The highest BCUT2D eigenvalue weighted by Crippen LogP contribution is 2.22. The van der Waals surface area contributed by atoms with E-state index in [4.69, 9.17) is 0 Å². The third-order valence-corrected chi connectivity index (χ3v) is 5.50. The Balaban J connectivity index is 1.36. The zero-order valence-corrected chi connectivity index (χ0v) is 16.8. The number of anilines is 1. The van der Waals surface area contributed by atoms with Gasteiger partial charge in [0.25, 0.3) is 11.8 Å². The highest BCUT2D eigenvalue weighted by atomic mass is 16.2. The number of carbonyl (C=O) groups excluding carboxylic acids is 2. The van der Waals surface area contributed by atoms with Gasteiger partial charge in [-0.1, -0.05) is 54.6 Å². The van der Waals surface area contributed by atoms with Crippen molar-refractivity contribution in [3.05, 3.63) is 95.8 Å². The minimum atomic E-state index is -0.322. The van der Waals surface area contributed by atoms with E-state index in [1.807, 2.05) is 41.3 Å². The van der Waals surface area contributed by atoms with Crippen LogP contribution in [0.2, 0.25) is 0 Å². The Labute approximate surface area is 176 Å². The van der Waals surface area contributed by atoms with E-state index >= 15 is 0 Å². The molecule has 0 bridgehead atoms. The number of piperidine rings is 1. The van der Waals surface area contributed by atoms with Crippen LogP contribution in [-0.2, 0) is 6.42 Å². The summed E-state index contributed by atoms with van der Waals surface area (Å²) in [5.74, 6) is 0.160. The summed E-state index contributed by atoms with van der Waals surface area (Å²) in [4.78, 5) is 31.6. The van der Waals surface area contributed by atoms with Crippen molar-refractivity contribution in [2.45, 2.75) is 19.3 Å². The maximum atomic E-state index is 12.9.